The van der Waals surface area contributed by atoms with Gasteiger partial charge in [0.25, 0.3) is 0 Å². The predicted molar refractivity (Wildman–Crippen MR) is 85.7 cm³/mol. The van der Waals surface area contributed by atoms with Gasteiger partial charge in [-0.2, -0.15) is 0 Å². The lowest BCUT2D eigenvalue weighted by Gasteiger charge is -2.15. The minimum Gasteiger partial charge on any atom is -0.491 e. The number of aryl methyl sites for hydroxylation is 1. The maximum atomic E-state index is 13.5. The topological polar surface area (TPSA) is 21.3 Å². The molecule has 0 fully saturated rings. The van der Waals surface area contributed by atoms with Crippen LogP contribution in [0.25, 0.3) is 0 Å². The maximum Gasteiger partial charge on any atom is 0.146 e. The first kappa shape index (κ1) is 15.4. The van der Waals surface area contributed by atoms with E-state index in [4.69, 9.17) is 4.74 Å². The number of para-hydroxylation sites is 1. The maximum absolute atomic E-state index is 13.5. The van der Waals surface area contributed by atoms with Crippen molar-refractivity contribution in [1.29, 1.82) is 0 Å². The van der Waals surface area contributed by atoms with Crippen molar-refractivity contribution in [3.8, 4) is 5.75 Å². The second kappa shape index (κ2) is 7.11. The molecule has 3 heteroatoms. The van der Waals surface area contributed by atoms with Crippen molar-refractivity contribution in [3.05, 3.63) is 59.4 Å². The van der Waals surface area contributed by atoms with Gasteiger partial charge in [0.2, 0.25) is 0 Å². The van der Waals surface area contributed by atoms with Crippen molar-refractivity contribution < 1.29 is 9.13 Å². The van der Waals surface area contributed by atoms with Gasteiger partial charge in [-0.1, -0.05) is 38.1 Å². The van der Waals surface area contributed by atoms with Gasteiger partial charge in [-0.05, 0) is 42.2 Å². The molecule has 2 aromatic rings. The van der Waals surface area contributed by atoms with Crippen LogP contribution in [0.2, 0.25) is 0 Å². The smallest absolute Gasteiger partial charge is 0.146 e. The summed E-state index contributed by atoms with van der Waals surface area (Å²) < 4.78 is 19.3. The lowest BCUT2D eigenvalue weighted by atomic mass is 10.0. The molecule has 0 aliphatic rings. The molecule has 0 saturated carbocycles. The zero-order valence-electron chi connectivity index (χ0n) is 12.8. The third-order valence-corrected chi connectivity index (χ3v) is 3.34. The lowest BCUT2D eigenvalue weighted by Crippen LogP contribution is -2.13. The van der Waals surface area contributed by atoms with E-state index in [0.717, 1.165) is 5.75 Å². The van der Waals surface area contributed by atoms with Crippen LogP contribution in [0, 0.1) is 12.7 Å². The van der Waals surface area contributed by atoms with Crippen LogP contribution in [0.5, 0.6) is 5.75 Å². The molecule has 2 nitrogen and oxygen atoms in total. The van der Waals surface area contributed by atoms with Gasteiger partial charge in [-0.25, -0.2) is 4.39 Å². The van der Waals surface area contributed by atoms with Crippen molar-refractivity contribution in [2.45, 2.75) is 26.7 Å². The van der Waals surface area contributed by atoms with E-state index in [0.29, 0.717) is 24.8 Å². The number of halogens is 1. The van der Waals surface area contributed by atoms with Crippen LogP contribution in [0.1, 0.15) is 30.9 Å². The number of ether oxygens (including phenoxy) is 1. The van der Waals surface area contributed by atoms with E-state index in [9.17, 15) is 4.39 Å². The van der Waals surface area contributed by atoms with Crippen LogP contribution in [0.3, 0.4) is 0 Å². The molecule has 0 aromatic heterocycles. The minimum atomic E-state index is -0.240. The van der Waals surface area contributed by atoms with E-state index in [1.54, 1.807) is 12.1 Å². The Kier molecular flexibility index (Phi) is 5.20. The van der Waals surface area contributed by atoms with Gasteiger partial charge in [0.05, 0.1) is 5.69 Å². The second-order valence-corrected chi connectivity index (χ2v) is 5.45. The molecular weight excluding hydrogens is 265 g/mol. The zero-order chi connectivity index (χ0) is 15.2. The highest BCUT2D eigenvalue weighted by Gasteiger charge is 2.08. The molecule has 0 radical (unpaired) electrons. The summed E-state index contributed by atoms with van der Waals surface area (Å²) in [5.41, 5.74) is 2.89. The molecular formula is C18H22FNO. The Bertz CT molecular complexity index is 596. The Morgan fingerprint density at radius 2 is 1.90 bits per heavy atom. The molecule has 0 aliphatic carbocycles. The number of nitrogens with one attached hydrogen (secondary N) is 1. The lowest BCUT2D eigenvalue weighted by molar-refractivity contribution is 0.327. The third kappa shape index (κ3) is 4.22. The molecule has 0 heterocycles. The summed E-state index contributed by atoms with van der Waals surface area (Å²) in [6.45, 7) is 7.41. The fourth-order valence-corrected chi connectivity index (χ4v) is 2.19. The number of rotatable bonds is 6. The summed E-state index contributed by atoms with van der Waals surface area (Å²) in [7, 11) is 0. The summed E-state index contributed by atoms with van der Waals surface area (Å²) in [5, 5.41) is 3.05. The first-order valence-corrected chi connectivity index (χ1v) is 7.29. The molecule has 0 bridgehead atoms. The van der Waals surface area contributed by atoms with E-state index in [2.05, 4.69) is 44.3 Å². The van der Waals surface area contributed by atoms with Gasteiger partial charge in [0.15, 0.2) is 0 Å². The zero-order valence-corrected chi connectivity index (χ0v) is 12.8. The Balaban J connectivity index is 1.92. The molecule has 0 saturated heterocycles. The van der Waals surface area contributed by atoms with Crippen LogP contribution in [-0.2, 0) is 0 Å². The Morgan fingerprint density at radius 1 is 1.14 bits per heavy atom. The summed E-state index contributed by atoms with van der Waals surface area (Å²) in [6, 6.07) is 12.9. The monoisotopic (exact) mass is 287 g/mol. The molecule has 0 atom stereocenters. The van der Waals surface area contributed by atoms with Gasteiger partial charge in [-0.3, -0.25) is 0 Å². The molecule has 0 aliphatic heterocycles. The van der Waals surface area contributed by atoms with Crippen molar-refractivity contribution >= 4 is 5.69 Å². The van der Waals surface area contributed by atoms with E-state index in [-0.39, 0.29) is 5.82 Å². The fraction of sp³-hybridized carbons (Fsp3) is 0.333. The van der Waals surface area contributed by atoms with E-state index in [1.165, 1.54) is 17.2 Å². The molecule has 21 heavy (non-hydrogen) atoms. The first-order valence-electron chi connectivity index (χ1n) is 7.29. The van der Waals surface area contributed by atoms with Crippen LogP contribution in [0.15, 0.2) is 42.5 Å². The molecule has 0 spiro atoms. The highest BCUT2D eigenvalue weighted by Crippen LogP contribution is 2.27. The highest BCUT2D eigenvalue weighted by atomic mass is 19.1. The van der Waals surface area contributed by atoms with Gasteiger partial charge in [0.1, 0.15) is 18.2 Å². The van der Waals surface area contributed by atoms with Crippen molar-refractivity contribution in [3.63, 3.8) is 0 Å². The highest BCUT2D eigenvalue weighted by molar-refractivity contribution is 5.44. The Labute approximate surface area is 126 Å². The van der Waals surface area contributed by atoms with Gasteiger partial charge < -0.3 is 10.1 Å². The Morgan fingerprint density at radius 3 is 2.62 bits per heavy atom. The average Bonchev–Trinajstić information content (AvgIpc) is 2.45. The van der Waals surface area contributed by atoms with Crippen LogP contribution < -0.4 is 10.1 Å². The van der Waals surface area contributed by atoms with Crippen LogP contribution in [-0.4, -0.2) is 13.2 Å². The predicted octanol–water partition coefficient (Wildman–Crippen LogP) is 4.75. The molecule has 1 N–H and O–H groups in total. The SMILES string of the molecule is Cc1ccc(C(C)C)c(OCCNc2ccccc2F)c1. The normalized spacial score (nSPS) is 10.7. The summed E-state index contributed by atoms with van der Waals surface area (Å²) in [6.07, 6.45) is 0. The van der Waals surface area contributed by atoms with Crippen molar-refractivity contribution in [1.82, 2.24) is 0 Å². The van der Waals surface area contributed by atoms with E-state index < -0.39 is 0 Å². The molecule has 0 unspecified atom stereocenters. The Hall–Kier alpha value is -2.03. The molecule has 0 amide bonds. The summed E-state index contributed by atoms with van der Waals surface area (Å²) >= 11 is 0. The van der Waals surface area contributed by atoms with Gasteiger partial charge in [-0.15, -0.1) is 0 Å². The number of hydrogen-bond donors (Lipinski definition) is 1. The molecule has 2 rings (SSSR count). The summed E-state index contributed by atoms with van der Waals surface area (Å²) in [4.78, 5) is 0. The first-order chi connectivity index (χ1) is 10.1. The average molecular weight is 287 g/mol. The van der Waals surface area contributed by atoms with Crippen molar-refractivity contribution in [2.75, 3.05) is 18.5 Å². The van der Waals surface area contributed by atoms with Crippen molar-refractivity contribution in [2.24, 2.45) is 0 Å². The van der Waals surface area contributed by atoms with E-state index in [1.807, 2.05) is 6.07 Å². The van der Waals surface area contributed by atoms with E-state index >= 15 is 0 Å². The quantitative estimate of drug-likeness (QED) is 0.774. The minimum absolute atomic E-state index is 0.240. The number of benzene rings is 2. The molecule has 112 valence electrons. The van der Waals surface area contributed by atoms with Gasteiger partial charge >= 0.3 is 0 Å². The van der Waals surface area contributed by atoms with Crippen LogP contribution in [0.4, 0.5) is 10.1 Å². The number of anilines is 1. The standard InChI is InChI=1S/C18H22FNO/c1-13(2)15-9-8-14(3)12-18(15)21-11-10-20-17-7-5-4-6-16(17)19/h4-9,12-13,20H,10-11H2,1-3H3. The largest absolute Gasteiger partial charge is 0.491 e. The van der Waals surface area contributed by atoms with Crippen LogP contribution >= 0.6 is 0 Å². The second-order valence-electron chi connectivity index (χ2n) is 5.45. The third-order valence-electron chi connectivity index (χ3n) is 3.34. The summed E-state index contributed by atoms with van der Waals surface area (Å²) in [5.74, 6) is 1.09. The van der Waals surface area contributed by atoms with Gasteiger partial charge in [0, 0.05) is 6.54 Å². The molecule has 2 aromatic carbocycles. The fourth-order valence-electron chi connectivity index (χ4n) is 2.19. The number of hydrogen-bond acceptors (Lipinski definition) is 2.